The van der Waals surface area contributed by atoms with Gasteiger partial charge < -0.3 is 9.84 Å². The van der Waals surface area contributed by atoms with E-state index in [0.717, 1.165) is 0 Å². The number of esters is 1. The summed E-state index contributed by atoms with van der Waals surface area (Å²) in [5.74, 6) is -0.802. The van der Waals surface area contributed by atoms with E-state index in [1.54, 1.807) is 13.0 Å². The van der Waals surface area contributed by atoms with Crippen molar-refractivity contribution in [3.05, 3.63) is 24.3 Å². The number of carbonyl (C=O) groups is 2. The second-order valence-corrected chi connectivity index (χ2v) is 6.18. The van der Waals surface area contributed by atoms with Crippen LogP contribution in [0.3, 0.4) is 0 Å². The van der Waals surface area contributed by atoms with E-state index in [-0.39, 0.29) is 23.7 Å². The molecule has 1 N–H and O–H groups in total. The Hall–Kier alpha value is -1.42. The molecule has 6 atom stereocenters. The molecule has 1 heterocycles. The fourth-order valence-corrected chi connectivity index (χ4v) is 3.98. The van der Waals surface area contributed by atoms with Crippen LogP contribution in [0, 0.1) is 23.2 Å². The lowest BCUT2D eigenvalue weighted by molar-refractivity contribution is -0.140. The number of carbonyl (C=O) groups excluding carboxylic acids is 2. The Labute approximate surface area is 112 Å². The van der Waals surface area contributed by atoms with Crippen LogP contribution < -0.4 is 0 Å². The largest absolute Gasteiger partial charge is 0.458 e. The second kappa shape index (κ2) is 3.79. The smallest absolute Gasteiger partial charge is 0.334 e. The maximum atomic E-state index is 12.2. The van der Waals surface area contributed by atoms with Gasteiger partial charge in [0.25, 0.3) is 0 Å². The molecular weight excluding hydrogens is 244 g/mol. The van der Waals surface area contributed by atoms with Crippen LogP contribution >= 0.6 is 0 Å². The first-order chi connectivity index (χ1) is 8.87. The zero-order valence-electron chi connectivity index (χ0n) is 11.1. The molecule has 0 aromatic heterocycles. The third kappa shape index (κ3) is 1.43. The molecule has 4 nitrogen and oxygen atoms in total. The van der Waals surface area contributed by atoms with Crippen molar-refractivity contribution in [1.29, 1.82) is 0 Å². The van der Waals surface area contributed by atoms with Crippen molar-refractivity contribution in [2.24, 2.45) is 23.2 Å². The molecule has 0 bridgehead atoms. The number of ketones is 1. The van der Waals surface area contributed by atoms with Gasteiger partial charge >= 0.3 is 5.97 Å². The summed E-state index contributed by atoms with van der Waals surface area (Å²) >= 11 is 0. The minimum Gasteiger partial charge on any atom is -0.458 e. The Balaban J connectivity index is 2.08. The van der Waals surface area contributed by atoms with Crippen LogP contribution in [0.1, 0.15) is 20.3 Å². The van der Waals surface area contributed by atoms with Crippen LogP contribution in [0.15, 0.2) is 24.3 Å². The summed E-state index contributed by atoms with van der Waals surface area (Å²) in [5, 5.41) is 10.7. The number of hydrogen-bond acceptors (Lipinski definition) is 4. The fraction of sp³-hybridized carbons (Fsp3) is 0.600. The van der Waals surface area contributed by atoms with Crippen LogP contribution in [0.2, 0.25) is 0 Å². The molecule has 1 aliphatic heterocycles. The Kier molecular flexibility index (Phi) is 2.52. The number of allylic oxidation sites excluding steroid dienone is 2. The van der Waals surface area contributed by atoms with Gasteiger partial charge in [-0.15, -0.1) is 0 Å². The first-order valence-corrected chi connectivity index (χ1v) is 6.68. The van der Waals surface area contributed by atoms with Crippen LogP contribution in [0.4, 0.5) is 0 Å². The highest BCUT2D eigenvalue weighted by molar-refractivity contribution is 5.99. The van der Waals surface area contributed by atoms with Gasteiger partial charge in [-0.2, -0.15) is 0 Å². The first kappa shape index (κ1) is 12.6. The summed E-state index contributed by atoms with van der Waals surface area (Å²) in [6, 6.07) is 0. The van der Waals surface area contributed by atoms with E-state index in [0.29, 0.717) is 12.0 Å². The maximum Gasteiger partial charge on any atom is 0.334 e. The standard InChI is InChI=1S/C15H18O4/c1-7-6-10-12(8(2)14(18)19-10)13(17)15(3)9(7)4-5-11(15)16/h4-5,7,9-10,12-13,17H,2,6H2,1,3H3/t7-,9+,10+,12-,13?,15+/m0/s1. The molecule has 1 unspecified atom stereocenters. The lowest BCUT2D eigenvalue weighted by atomic mass is 9.67. The molecule has 102 valence electrons. The molecule has 4 heteroatoms. The van der Waals surface area contributed by atoms with E-state index in [9.17, 15) is 14.7 Å². The van der Waals surface area contributed by atoms with Gasteiger partial charge in [-0.1, -0.05) is 19.6 Å². The minimum atomic E-state index is -0.922. The molecule has 0 amide bonds. The molecule has 2 aliphatic carbocycles. The molecule has 2 fully saturated rings. The summed E-state index contributed by atoms with van der Waals surface area (Å²) in [5.41, 5.74) is -0.568. The van der Waals surface area contributed by atoms with Crippen molar-refractivity contribution < 1.29 is 19.4 Å². The number of hydrogen-bond donors (Lipinski definition) is 1. The molecule has 0 radical (unpaired) electrons. The Bertz CT molecular complexity index is 506. The third-order valence-corrected chi connectivity index (χ3v) is 5.17. The number of aliphatic hydroxyl groups is 1. The van der Waals surface area contributed by atoms with E-state index >= 15 is 0 Å². The number of aliphatic hydroxyl groups excluding tert-OH is 1. The topological polar surface area (TPSA) is 63.6 Å². The van der Waals surface area contributed by atoms with Crippen molar-refractivity contribution in [3.8, 4) is 0 Å². The zero-order valence-corrected chi connectivity index (χ0v) is 11.1. The van der Waals surface area contributed by atoms with E-state index in [2.05, 4.69) is 6.58 Å². The first-order valence-electron chi connectivity index (χ1n) is 6.68. The summed E-state index contributed by atoms with van der Waals surface area (Å²) in [7, 11) is 0. The summed E-state index contributed by atoms with van der Waals surface area (Å²) in [6.45, 7) is 7.57. The SMILES string of the molecule is C=C1C(=O)O[C@@H]2C[C@H](C)[C@H]3C=CC(=O)[C@]3(C)C(O)[C@@H]12. The van der Waals surface area contributed by atoms with Crippen molar-refractivity contribution >= 4 is 11.8 Å². The van der Waals surface area contributed by atoms with Gasteiger partial charge in [-0.3, -0.25) is 4.79 Å². The van der Waals surface area contributed by atoms with Gasteiger partial charge in [-0.05, 0) is 31.3 Å². The summed E-state index contributed by atoms with van der Waals surface area (Å²) < 4.78 is 5.31. The lowest BCUT2D eigenvalue weighted by Crippen LogP contribution is -2.46. The number of rotatable bonds is 0. The van der Waals surface area contributed by atoms with Crippen LogP contribution in [0.25, 0.3) is 0 Å². The zero-order chi connectivity index (χ0) is 13.9. The molecule has 0 aromatic rings. The average Bonchev–Trinajstić information content (AvgIpc) is 2.77. The predicted molar refractivity (Wildman–Crippen MR) is 68.0 cm³/mol. The molecule has 3 aliphatic rings. The van der Waals surface area contributed by atoms with E-state index in [1.807, 2.05) is 13.0 Å². The molecule has 0 spiro atoms. The second-order valence-electron chi connectivity index (χ2n) is 6.18. The number of ether oxygens (including phenoxy) is 1. The van der Waals surface area contributed by atoms with Gasteiger partial charge in [0.1, 0.15) is 6.10 Å². The van der Waals surface area contributed by atoms with Crippen molar-refractivity contribution in [1.82, 2.24) is 0 Å². The average molecular weight is 262 g/mol. The normalized spacial score (nSPS) is 48.8. The molecule has 19 heavy (non-hydrogen) atoms. The lowest BCUT2D eigenvalue weighted by Gasteiger charge is -2.37. The fourth-order valence-electron chi connectivity index (χ4n) is 3.98. The number of fused-ring (bicyclic) bond motifs is 2. The Morgan fingerprint density at radius 2 is 2.16 bits per heavy atom. The van der Waals surface area contributed by atoms with Gasteiger partial charge in [0.15, 0.2) is 5.78 Å². The quantitative estimate of drug-likeness (QED) is 0.527. The monoisotopic (exact) mass is 262 g/mol. The highest BCUT2D eigenvalue weighted by Crippen LogP contribution is 2.52. The Morgan fingerprint density at radius 3 is 2.84 bits per heavy atom. The molecule has 3 rings (SSSR count). The van der Waals surface area contributed by atoms with Crippen LogP contribution in [0.5, 0.6) is 0 Å². The summed E-state index contributed by atoms with van der Waals surface area (Å²) in [6.07, 6.45) is 2.83. The molecule has 1 saturated heterocycles. The highest BCUT2D eigenvalue weighted by atomic mass is 16.6. The minimum absolute atomic E-state index is 0.00731. The van der Waals surface area contributed by atoms with Crippen molar-refractivity contribution in [3.63, 3.8) is 0 Å². The van der Waals surface area contributed by atoms with Gasteiger partial charge in [0.05, 0.1) is 17.4 Å². The maximum absolute atomic E-state index is 12.2. The Morgan fingerprint density at radius 1 is 1.47 bits per heavy atom. The molecular formula is C15H18O4. The third-order valence-electron chi connectivity index (χ3n) is 5.17. The van der Waals surface area contributed by atoms with Gasteiger partial charge in [0, 0.05) is 5.57 Å². The van der Waals surface area contributed by atoms with Gasteiger partial charge in [0.2, 0.25) is 0 Å². The van der Waals surface area contributed by atoms with E-state index in [4.69, 9.17) is 4.74 Å². The highest BCUT2D eigenvalue weighted by Gasteiger charge is 2.59. The van der Waals surface area contributed by atoms with Gasteiger partial charge in [-0.25, -0.2) is 4.79 Å². The van der Waals surface area contributed by atoms with Crippen molar-refractivity contribution in [2.75, 3.05) is 0 Å². The van der Waals surface area contributed by atoms with Crippen molar-refractivity contribution in [2.45, 2.75) is 32.5 Å². The van der Waals surface area contributed by atoms with Crippen LogP contribution in [-0.4, -0.2) is 29.1 Å². The van der Waals surface area contributed by atoms with E-state index in [1.165, 1.54) is 0 Å². The van der Waals surface area contributed by atoms with E-state index < -0.39 is 23.4 Å². The molecule has 1 saturated carbocycles. The summed E-state index contributed by atoms with van der Waals surface area (Å²) in [4.78, 5) is 23.9. The molecule has 0 aromatic carbocycles. The predicted octanol–water partition coefficient (Wildman–Crippen LogP) is 1.25. The van der Waals surface area contributed by atoms with Crippen LogP contribution in [-0.2, 0) is 14.3 Å².